The van der Waals surface area contributed by atoms with Gasteiger partial charge in [-0.25, -0.2) is 0 Å². The van der Waals surface area contributed by atoms with Crippen LogP contribution in [0.25, 0.3) is 93.9 Å². The number of fused-ring (bicyclic) bond motifs is 4. The summed E-state index contributed by atoms with van der Waals surface area (Å²) >= 11 is 0. The molecule has 0 aliphatic rings. The highest BCUT2D eigenvalue weighted by molar-refractivity contribution is 6.09. The van der Waals surface area contributed by atoms with Crippen LogP contribution in [0.2, 0.25) is 0 Å². The number of nitrogens with zero attached hydrogens (tertiary/aromatic N) is 2. The Bertz CT molecular complexity index is 4450. The highest BCUT2D eigenvalue weighted by Gasteiger charge is 2.21. The van der Waals surface area contributed by atoms with E-state index in [0.29, 0.717) is 16.9 Å². The van der Waals surface area contributed by atoms with Gasteiger partial charge in [-0.1, -0.05) is 200 Å². The predicted octanol–water partition coefficient (Wildman–Crippen LogP) is 17.4. The number of hydrogen-bond donors (Lipinski definition) is 1. The fraction of sp³-hybridized carbons (Fsp3) is 0. The number of anilines is 3. The van der Waals surface area contributed by atoms with Gasteiger partial charge in [0, 0.05) is 44.4 Å². The van der Waals surface area contributed by atoms with Crippen molar-refractivity contribution < 1.29 is 22.9 Å². The number of para-hydroxylation sites is 4. The molecule has 67 heavy (non-hydrogen) atoms. The van der Waals surface area contributed by atoms with E-state index in [1.54, 1.807) is 4.90 Å². The summed E-state index contributed by atoms with van der Waals surface area (Å²) in [6.45, 7) is 0. The lowest BCUT2D eigenvalue weighted by atomic mass is 9.95. The van der Waals surface area contributed by atoms with Crippen molar-refractivity contribution >= 4 is 49.6 Å². The number of benzene rings is 11. The molecule has 0 fully saturated rings. The first-order chi connectivity index (χ1) is 38.6. The van der Waals surface area contributed by atoms with Gasteiger partial charge in [-0.05, 0) is 105 Å². The largest absolute Gasteiger partial charge is 0.507 e. The summed E-state index contributed by atoms with van der Waals surface area (Å²) in [7, 11) is 0. The van der Waals surface area contributed by atoms with Crippen molar-refractivity contribution in [3.05, 3.63) is 261 Å². The predicted molar refractivity (Wildman–Crippen MR) is 282 cm³/mol. The van der Waals surface area contributed by atoms with Gasteiger partial charge in [0.15, 0.2) is 0 Å². The average molecular weight is 870 g/mol. The zero-order valence-electron chi connectivity index (χ0n) is 48.7. The number of aromatic nitrogens is 1. The number of aromatic hydroxyl groups is 1. The third kappa shape index (κ3) is 7.20. The van der Waals surface area contributed by atoms with Crippen LogP contribution in [0.1, 0.15) is 17.8 Å². The van der Waals surface area contributed by atoms with Gasteiger partial charge in [0.2, 0.25) is 0 Å². The molecule has 0 amide bonds. The lowest BCUT2D eigenvalue weighted by Crippen LogP contribution is -2.11. The molecule has 0 unspecified atom stereocenters. The fourth-order valence-corrected chi connectivity index (χ4v) is 8.96. The Morgan fingerprint density at radius 1 is 0.358 bits per heavy atom. The summed E-state index contributed by atoms with van der Waals surface area (Å²) in [5, 5.41) is 14.1. The van der Waals surface area contributed by atoms with Crippen LogP contribution in [-0.4, -0.2) is 9.67 Å². The van der Waals surface area contributed by atoms with Gasteiger partial charge in [0.1, 0.15) is 5.75 Å². The number of phenolic OH excluding ortho intramolecular Hbond substituents is 1. The normalized spacial score (nSPS) is 14.1. The molecule has 0 bridgehead atoms. The van der Waals surface area contributed by atoms with Crippen LogP contribution in [0, 0.1) is 0 Å². The second-order valence-electron chi connectivity index (χ2n) is 16.0. The second-order valence-corrected chi connectivity index (χ2v) is 16.0. The third-order valence-corrected chi connectivity index (χ3v) is 12.1. The number of hydrogen-bond acceptors (Lipinski definition) is 2. The summed E-state index contributed by atoms with van der Waals surface area (Å²) in [6.07, 6.45) is 0. The van der Waals surface area contributed by atoms with Crippen LogP contribution >= 0.6 is 0 Å². The van der Waals surface area contributed by atoms with Crippen molar-refractivity contribution in [2.45, 2.75) is 0 Å². The molecule has 12 rings (SSSR count). The molecule has 1 N–H and O–H groups in total. The van der Waals surface area contributed by atoms with Gasteiger partial charge in [0.05, 0.1) is 40.2 Å². The molecule has 0 spiro atoms. The Balaban J connectivity index is 1.08. The molecule has 1 aromatic heterocycles. The van der Waals surface area contributed by atoms with Crippen molar-refractivity contribution in [3.8, 4) is 67.1 Å². The van der Waals surface area contributed by atoms with E-state index in [1.165, 1.54) is 0 Å². The quantitative estimate of drug-likeness (QED) is 0.157. The van der Waals surface area contributed by atoms with Crippen LogP contribution < -0.4 is 4.90 Å². The maximum Gasteiger partial charge on any atom is 0.131 e. The third-order valence-electron chi connectivity index (χ3n) is 12.1. The maximum atomic E-state index is 12.3. The SMILES string of the molecule is [2H]c1c([2H])c(-c2cc3c([2H])c([2H])c([2H])c([2H])c3c([2H])c2[2H])c(O)c(-c2c([2H])c([2H])c(N(c3ccc(-c4ccccc4-n4c5ccccc5c5ccccc54)cc3)c3ccc(-c4ccccc4)cc3-c3ccccc3)c([2H])c2[2H])c1[2H]. The molecule has 0 saturated heterocycles. The molecule has 0 radical (unpaired) electrons. The average Bonchev–Trinajstić information content (AvgIpc) is 3.88. The lowest BCUT2D eigenvalue weighted by Gasteiger charge is -2.29. The van der Waals surface area contributed by atoms with E-state index >= 15 is 0 Å². The van der Waals surface area contributed by atoms with Gasteiger partial charge in [-0.3, -0.25) is 0 Å². The molecule has 0 aliphatic carbocycles. The van der Waals surface area contributed by atoms with Gasteiger partial charge in [0.25, 0.3) is 0 Å². The van der Waals surface area contributed by atoms with E-state index in [2.05, 4.69) is 41.0 Å². The van der Waals surface area contributed by atoms with Gasteiger partial charge >= 0.3 is 0 Å². The van der Waals surface area contributed by atoms with Crippen LogP contribution in [0.5, 0.6) is 5.75 Å². The van der Waals surface area contributed by atoms with E-state index in [1.807, 2.05) is 140 Å². The van der Waals surface area contributed by atoms with E-state index < -0.39 is 101 Å². The molecule has 316 valence electrons. The number of phenols is 1. The van der Waals surface area contributed by atoms with Crippen LogP contribution in [0.4, 0.5) is 17.1 Å². The van der Waals surface area contributed by atoms with Crippen molar-refractivity contribution in [1.82, 2.24) is 4.57 Å². The highest BCUT2D eigenvalue weighted by Crippen LogP contribution is 2.45. The van der Waals surface area contributed by atoms with Gasteiger partial charge < -0.3 is 14.6 Å². The van der Waals surface area contributed by atoms with Crippen molar-refractivity contribution in [1.29, 1.82) is 0 Å². The van der Waals surface area contributed by atoms with Crippen molar-refractivity contribution in [2.75, 3.05) is 4.90 Å². The van der Waals surface area contributed by atoms with Gasteiger partial charge in [-0.2, -0.15) is 0 Å². The Morgan fingerprint density at radius 3 is 1.64 bits per heavy atom. The molecule has 1 heterocycles. The summed E-state index contributed by atoms with van der Waals surface area (Å²) < 4.78 is 120. The zero-order valence-corrected chi connectivity index (χ0v) is 35.7. The van der Waals surface area contributed by atoms with Crippen molar-refractivity contribution in [2.24, 2.45) is 0 Å². The molecule has 0 atom stereocenters. The Morgan fingerprint density at radius 2 is 0.925 bits per heavy atom. The molecular formula is C64H44N2O. The molecule has 11 aromatic carbocycles. The fourth-order valence-electron chi connectivity index (χ4n) is 8.96. The maximum absolute atomic E-state index is 12.3. The second kappa shape index (κ2) is 16.9. The van der Waals surface area contributed by atoms with E-state index in [-0.39, 0.29) is 22.0 Å². The van der Waals surface area contributed by atoms with Gasteiger partial charge in [-0.15, -0.1) is 0 Å². The highest BCUT2D eigenvalue weighted by atomic mass is 16.3. The van der Waals surface area contributed by atoms with Crippen LogP contribution in [0.15, 0.2) is 261 Å². The first kappa shape index (κ1) is 28.1. The number of rotatable bonds is 9. The topological polar surface area (TPSA) is 28.4 Å². The smallest absolute Gasteiger partial charge is 0.131 e. The van der Waals surface area contributed by atoms with Crippen LogP contribution in [0.3, 0.4) is 0 Å². The Labute approximate surface area is 408 Å². The van der Waals surface area contributed by atoms with E-state index in [9.17, 15) is 10.6 Å². The lowest BCUT2D eigenvalue weighted by molar-refractivity contribution is 0.479. The summed E-state index contributed by atoms with van der Waals surface area (Å²) in [6, 6.07) is 50.0. The Kier molecular flexibility index (Phi) is 7.08. The minimum absolute atomic E-state index is 0.183. The molecule has 0 saturated carbocycles. The summed E-state index contributed by atoms with van der Waals surface area (Å²) in [5.74, 6) is -0.950. The molecular weight excluding hydrogens is 813 g/mol. The first-order valence-corrected chi connectivity index (χ1v) is 21.8. The summed E-state index contributed by atoms with van der Waals surface area (Å²) in [4.78, 5) is 1.67. The van der Waals surface area contributed by atoms with Crippen molar-refractivity contribution in [3.63, 3.8) is 0 Å². The van der Waals surface area contributed by atoms with E-state index in [4.69, 9.17) is 12.3 Å². The summed E-state index contributed by atoms with van der Waals surface area (Å²) in [5.41, 5.74) is 6.69. The molecule has 0 aliphatic heterocycles. The minimum Gasteiger partial charge on any atom is -0.507 e. The van der Waals surface area contributed by atoms with E-state index in [0.717, 1.165) is 61.4 Å². The molecule has 3 heteroatoms. The van der Waals surface area contributed by atoms with Crippen LogP contribution in [-0.2, 0) is 0 Å². The monoisotopic (exact) mass is 869 g/mol. The first-order valence-electron chi connectivity index (χ1n) is 28.3. The standard InChI is InChI=1S/C64H44N2O/c67-64-55(25-15-26-56(64)51-31-30-45-18-7-8-21-49(45)42-51)48-34-39-53(40-35-48)65(63-41-36-50(44-16-3-1-4-17-44)43-59(63)46-19-5-2-6-20-46)52-37-32-47(33-38-52)54-22-9-12-27-60(54)66-61-28-13-10-23-57(61)58-24-11-14-29-62(58)66/h1-43,67H/i7D,8D,15D,18D,21D,25D,26D,30D,31D,34D,35D,39D,40D. The zero-order chi connectivity index (χ0) is 56.0. The molecule has 3 nitrogen and oxygen atoms in total. The minimum atomic E-state index is -0.950. The molecule has 12 aromatic rings. The Hall–Kier alpha value is -8.92.